The van der Waals surface area contributed by atoms with Gasteiger partial charge in [-0.2, -0.15) is 0 Å². The predicted molar refractivity (Wildman–Crippen MR) is 66.7 cm³/mol. The van der Waals surface area contributed by atoms with Gasteiger partial charge in [-0.25, -0.2) is 4.39 Å². The number of nitrogens with two attached hydrogens (primary N) is 1. The molecule has 0 amide bonds. The van der Waals surface area contributed by atoms with E-state index in [-0.39, 0.29) is 0 Å². The zero-order chi connectivity index (χ0) is 12.4. The number of halogens is 3. The van der Waals surface area contributed by atoms with Gasteiger partial charge in [-0.05, 0) is 23.8 Å². The summed E-state index contributed by atoms with van der Waals surface area (Å²) in [7, 11) is 0. The minimum atomic E-state index is -0.598. The highest BCUT2D eigenvalue weighted by Gasteiger charge is 2.16. The van der Waals surface area contributed by atoms with Crippen molar-refractivity contribution >= 4 is 23.2 Å². The summed E-state index contributed by atoms with van der Waals surface area (Å²) in [4.78, 5) is 3.75. The van der Waals surface area contributed by atoms with Crippen LogP contribution in [0.2, 0.25) is 10.0 Å². The molecule has 1 unspecified atom stereocenters. The minimum absolute atomic E-state index is 0.443. The number of hydrogen-bond acceptors (Lipinski definition) is 2. The van der Waals surface area contributed by atoms with Crippen molar-refractivity contribution in [2.75, 3.05) is 0 Å². The van der Waals surface area contributed by atoms with E-state index in [1.165, 1.54) is 12.3 Å². The molecule has 0 fully saturated rings. The molecule has 1 aromatic carbocycles. The molecule has 0 bridgehead atoms. The Morgan fingerprint density at radius 3 is 2.41 bits per heavy atom. The fourth-order valence-corrected chi connectivity index (χ4v) is 2.21. The van der Waals surface area contributed by atoms with Gasteiger partial charge in [0, 0.05) is 21.8 Å². The summed E-state index contributed by atoms with van der Waals surface area (Å²) in [6, 6.07) is 5.83. The first-order chi connectivity index (χ1) is 8.09. The van der Waals surface area contributed by atoms with E-state index in [4.69, 9.17) is 28.9 Å². The molecule has 17 heavy (non-hydrogen) atoms. The third-order valence-electron chi connectivity index (χ3n) is 2.40. The van der Waals surface area contributed by atoms with Gasteiger partial charge in [-0.1, -0.05) is 29.3 Å². The zero-order valence-corrected chi connectivity index (χ0v) is 10.2. The second-order valence-corrected chi connectivity index (χ2v) is 4.36. The topological polar surface area (TPSA) is 38.9 Å². The van der Waals surface area contributed by atoms with E-state index in [1.54, 1.807) is 18.2 Å². The van der Waals surface area contributed by atoms with Gasteiger partial charge in [-0.15, -0.1) is 0 Å². The second-order valence-electron chi connectivity index (χ2n) is 3.55. The highest BCUT2D eigenvalue weighted by atomic mass is 35.5. The van der Waals surface area contributed by atoms with Crippen LogP contribution in [-0.4, -0.2) is 4.98 Å². The maximum absolute atomic E-state index is 13.1. The molecule has 1 aromatic heterocycles. The van der Waals surface area contributed by atoms with Gasteiger partial charge in [0.15, 0.2) is 0 Å². The number of hydrogen-bond donors (Lipinski definition) is 1. The molecule has 2 aromatic rings. The van der Waals surface area contributed by atoms with Crippen LogP contribution in [0.4, 0.5) is 4.39 Å². The standard InChI is InChI=1S/C12H9Cl2FN2/c13-9-2-1-3-10(14)11(9)12(16)7-4-8(15)6-17-5-7/h1-6,12H,16H2. The van der Waals surface area contributed by atoms with Crippen molar-refractivity contribution in [2.45, 2.75) is 6.04 Å². The number of nitrogens with zero attached hydrogens (tertiary/aromatic N) is 1. The van der Waals surface area contributed by atoms with E-state index in [9.17, 15) is 4.39 Å². The first-order valence-corrected chi connectivity index (χ1v) is 5.65. The van der Waals surface area contributed by atoms with Crippen molar-refractivity contribution in [2.24, 2.45) is 5.73 Å². The van der Waals surface area contributed by atoms with Crippen LogP contribution >= 0.6 is 23.2 Å². The van der Waals surface area contributed by atoms with Crippen LogP contribution in [0, 0.1) is 5.82 Å². The number of benzene rings is 1. The molecular weight excluding hydrogens is 262 g/mol. The van der Waals surface area contributed by atoms with Gasteiger partial charge in [0.25, 0.3) is 0 Å². The number of pyridine rings is 1. The molecule has 88 valence electrons. The van der Waals surface area contributed by atoms with Crippen LogP contribution < -0.4 is 5.73 Å². The molecule has 0 saturated carbocycles. The van der Waals surface area contributed by atoms with Crippen LogP contribution in [0.1, 0.15) is 17.2 Å². The Kier molecular flexibility index (Phi) is 3.62. The monoisotopic (exact) mass is 270 g/mol. The highest BCUT2D eigenvalue weighted by molar-refractivity contribution is 6.36. The molecule has 1 heterocycles. The Labute approximate surface area is 108 Å². The van der Waals surface area contributed by atoms with Gasteiger partial charge in [-0.3, -0.25) is 4.98 Å². The fourth-order valence-electron chi connectivity index (χ4n) is 1.57. The Morgan fingerprint density at radius 1 is 1.18 bits per heavy atom. The lowest BCUT2D eigenvalue weighted by Crippen LogP contribution is -2.13. The van der Waals surface area contributed by atoms with E-state index in [2.05, 4.69) is 4.98 Å². The van der Waals surface area contributed by atoms with Crippen molar-refractivity contribution in [3.8, 4) is 0 Å². The van der Waals surface area contributed by atoms with Gasteiger partial charge in [0.05, 0.1) is 12.2 Å². The van der Waals surface area contributed by atoms with E-state index < -0.39 is 11.9 Å². The van der Waals surface area contributed by atoms with E-state index in [1.807, 2.05) is 0 Å². The van der Waals surface area contributed by atoms with E-state index in [0.717, 1.165) is 6.20 Å². The average Bonchev–Trinajstić information content (AvgIpc) is 2.28. The molecule has 0 aliphatic carbocycles. The molecule has 0 spiro atoms. The largest absolute Gasteiger partial charge is 0.320 e. The molecule has 2 nitrogen and oxygen atoms in total. The predicted octanol–water partition coefficient (Wildman–Crippen LogP) is 3.58. The first-order valence-electron chi connectivity index (χ1n) is 4.89. The molecule has 5 heteroatoms. The summed E-state index contributed by atoms with van der Waals surface area (Å²) >= 11 is 12.1. The summed E-state index contributed by atoms with van der Waals surface area (Å²) in [5.41, 5.74) is 7.11. The van der Waals surface area contributed by atoms with Crippen molar-refractivity contribution in [1.82, 2.24) is 4.98 Å². The van der Waals surface area contributed by atoms with Crippen LogP contribution in [-0.2, 0) is 0 Å². The molecular formula is C12H9Cl2FN2. The normalized spacial score (nSPS) is 12.5. The SMILES string of the molecule is NC(c1cncc(F)c1)c1c(Cl)cccc1Cl. The summed E-state index contributed by atoms with van der Waals surface area (Å²) in [5, 5.41) is 0.906. The van der Waals surface area contributed by atoms with Crippen LogP contribution in [0.5, 0.6) is 0 Å². The molecule has 1 atom stereocenters. The van der Waals surface area contributed by atoms with Crippen molar-refractivity contribution in [3.63, 3.8) is 0 Å². The van der Waals surface area contributed by atoms with Gasteiger partial charge in [0.1, 0.15) is 5.82 Å². The molecule has 2 rings (SSSR count). The van der Waals surface area contributed by atoms with Gasteiger partial charge in [0.2, 0.25) is 0 Å². The molecule has 0 radical (unpaired) electrons. The summed E-state index contributed by atoms with van der Waals surface area (Å²) in [5.74, 6) is -0.443. The van der Waals surface area contributed by atoms with Crippen LogP contribution in [0.3, 0.4) is 0 Å². The number of aromatic nitrogens is 1. The van der Waals surface area contributed by atoms with Crippen molar-refractivity contribution in [3.05, 3.63) is 63.6 Å². The van der Waals surface area contributed by atoms with Crippen LogP contribution in [0.25, 0.3) is 0 Å². The van der Waals surface area contributed by atoms with Gasteiger partial charge >= 0.3 is 0 Å². The lowest BCUT2D eigenvalue weighted by atomic mass is 10.0. The lowest BCUT2D eigenvalue weighted by Gasteiger charge is -2.15. The minimum Gasteiger partial charge on any atom is -0.320 e. The Balaban J connectivity index is 2.47. The summed E-state index contributed by atoms with van der Waals surface area (Å²) in [6.45, 7) is 0. The zero-order valence-electron chi connectivity index (χ0n) is 8.70. The van der Waals surface area contributed by atoms with Gasteiger partial charge < -0.3 is 5.73 Å². The lowest BCUT2D eigenvalue weighted by molar-refractivity contribution is 0.616. The third kappa shape index (κ3) is 2.57. The van der Waals surface area contributed by atoms with Crippen molar-refractivity contribution < 1.29 is 4.39 Å². The highest BCUT2D eigenvalue weighted by Crippen LogP contribution is 2.32. The molecule has 2 N–H and O–H groups in total. The third-order valence-corrected chi connectivity index (χ3v) is 3.06. The van der Waals surface area contributed by atoms with E-state index >= 15 is 0 Å². The average molecular weight is 271 g/mol. The first kappa shape index (κ1) is 12.3. The maximum Gasteiger partial charge on any atom is 0.141 e. The Hall–Kier alpha value is -1.16. The molecule has 0 aliphatic heterocycles. The van der Waals surface area contributed by atoms with E-state index in [0.29, 0.717) is 21.2 Å². The van der Waals surface area contributed by atoms with Crippen molar-refractivity contribution in [1.29, 1.82) is 0 Å². The quantitative estimate of drug-likeness (QED) is 0.906. The fraction of sp³-hybridized carbons (Fsp3) is 0.0833. The molecule has 0 saturated heterocycles. The van der Waals surface area contributed by atoms with Crippen LogP contribution in [0.15, 0.2) is 36.7 Å². The smallest absolute Gasteiger partial charge is 0.141 e. The maximum atomic E-state index is 13.1. The number of rotatable bonds is 2. The molecule has 0 aliphatic rings. The second kappa shape index (κ2) is 5.00. The Bertz CT molecular complexity index is 526. The summed E-state index contributed by atoms with van der Waals surface area (Å²) in [6.07, 6.45) is 2.61. The summed E-state index contributed by atoms with van der Waals surface area (Å²) < 4.78 is 13.1. The Morgan fingerprint density at radius 2 is 1.82 bits per heavy atom.